The Kier molecular flexibility index (Phi) is 4.10. The van der Waals surface area contributed by atoms with Gasteiger partial charge in [0.1, 0.15) is 16.4 Å². The number of nitrogens with zero attached hydrogens (tertiary/aromatic N) is 1. The van der Waals surface area contributed by atoms with Gasteiger partial charge in [0.2, 0.25) is 0 Å². The van der Waals surface area contributed by atoms with Crippen molar-refractivity contribution in [3.8, 4) is 17.0 Å². The van der Waals surface area contributed by atoms with Crippen LogP contribution in [0.25, 0.3) is 11.3 Å². The molecule has 1 aromatic heterocycles. The minimum atomic E-state index is -0.393. The fourth-order valence-corrected chi connectivity index (χ4v) is 3.29. The van der Waals surface area contributed by atoms with E-state index in [1.165, 1.54) is 23.5 Å². The molecule has 0 saturated heterocycles. The number of fused-ring (bicyclic) bond motifs is 1. The molecule has 0 aliphatic carbocycles. The number of hydrogen-bond donors (Lipinski definition) is 2. The second-order valence-electron chi connectivity index (χ2n) is 5.54. The molecule has 0 saturated carbocycles. The number of halogens is 1. The van der Waals surface area contributed by atoms with Crippen molar-refractivity contribution in [1.82, 2.24) is 4.98 Å². The normalized spacial score (nSPS) is 12.7. The summed E-state index contributed by atoms with van der Waals surface area (Å²) in [4.78, 5) is 28.5. The number of benzene rings is 2. The van der Waals surface area contributed by atoms with Gasteiger partial charge in [-0.15, -0.1) is 11.3 Å². The molecule has 130 valence electrons. The molecule has 2 aromatic carbocycles. The lowest BCUT2D eigenvalue weighted by molar-refractivity contribution is -0.118. The van der Waals surface area contributed by atoms with E-state index < -0.39 is 5.82 Å². The van der Waals surface area contributed by atoms with Gasteiger partial charge < -0.3 is 15.4 Å². The smallest absolute Gasteiger partial charge is 0.268 e. The summed E-state index contributed by atoms with van der Waals surface area (Å²) in [5, 5.41) is 5.46. The van der Waals surface area contributed by atoms with Gasteiger partial charge in [0.05, 0.1) is 16.9 Å². The van der Waals surface area contributed by atoms with Gasteiger partial charge in [-0.25, -0.2) is 9.37 Å². The Morgan fingerprint density at radius 2 is 2.15 bits per heavy atom. The van der Waals surface area contributed by atoms with E-state index in [2.05, 4.69) is 15.6 Å². The molecule has 0 atom stereocenters. The van der Waals surface area contributed by atoms with E-state index in [1.54, 1.807) is 35.8 Å². The van der Waals surface area contributed by atoms with Crippen molar-refractivity contribution in [2.45, 2.75) is 0 Å². The highest BCUT2D eigenvalue weighted by molar-refractivity contribution is 7.12. The van der Waals surface area contributed by atoms with E-state index in [4.69, 9.17) is 4.74 Å². The van der Waals surface area contributed by atoms with Gasteiger partial charge >= 0.3 is 0 Å². The Morgan fingerprint density at radius 1 is 1.27 bits per heavy atom. The lowest BCUT2D eigenvalue weighted by Crippen LogP contribution is -2.25. The van der Waals surface area contributed by atoms with Crippen LogP contribution in [0.4, 0.5) is 15.8 Å². The molecular formula is C18H12FN3O3S. The summed E-state index contributed by atoms with van der Waals surface area (Å²) in [6, 6.07) is 10.9. The molecule has 3 aromatic rings. The average Bonchev–Trinajstić information content (AvgIpc) is 3.12. The number of rotatable bonds is 3. The van der Waals surface area contributed by atoms with Crippen LogP contribution in [-0.4, -0.2) is 23.4 Å². The summed E-state index contributed by atoms with van der Waals surface area (Å²) >= 11 is 1.17. The highest BCUT2D eigenvalue weighted by atomic mass is 32.1. The third-order valence-corrected chi connectivity index (χ3v) is 4.57. The van der Waals surface area contributed by atoms with Crippen molar-refractivity contribution in [1.29, 1.82) is 0 Å². The fraction of sp³-hybridized carbons (Fsp3) is 0.0556. The number of amides is 2. The second-order valence-corrected chi connectivity index (χ2v) is 6.40. The van der Waals surface area contributed by atoms with Crippen LogP contribution in [0.1, 0.15) is 9.67 Å². The van der Waals surface area contributed by atoms with E-state index in [-0.39, 0.29) is 18.4 Å². The molecule has 8 heteroatoms. The Morgan fingerprint density at radius 3 is 3.00 bits per heavy atom. The Balaban J connectivity index is 1.58. The Labute approximate surface area is 151 Å². The number of nitrogens with one attached hydrogen (secondary N) is 2. The molecule has 0 fully saturated rings. The van der Waals surface area contributed by atoms with Gasteiger partial charge in [-0.3, -0.25) is 9.59 Å². The fourth-order valence-electron chi connectivity index (χ4n) is 2.59. The van der Waals surface area contributed by atoms with Crippen molar-refractivity contribution in [3.63, 3.8) is 0 Å². The molecule has 4 rings (SSSR count). The molecule has 1 aliphatic heterocycles. The number of thiazole rings is 1. The summed E-state index contributed by atoms with van der Waals surface area (Å²) in [5.74, 6) is -0.488. The maximum Gasteiger partial charge on any atom is 0.268 e. The summed E-state index contributed by atoms with van der Waals surface area (Å²) in [5.41, 5.74) is 3.57. The van der Waals surface area contributed by atoms with Crippen LogP contribution < -0.4 is 15.4 Å². The van der Waals surface area contributed by atoms with E-state index in [9.17, 15) is 14.0 Å². The molecule has 0 bridgehead atoms. The molecule has 0 radical (unpaired) electrons. The topological polar surface area (TPSA) is 80.3 Å². The first kappa shape index (κ1) is 16.2. The molecule has 2 N–H and O–H groups in total. The predicted octanol–water partition coefficient (Wildman–Crippen LogP) is 3.53. The number of ether oxygens (including phenoxy) is 1. The van der Waals surface area contributed by atoms with Crippen LogP contribution in [-0.2, 0) is 4.79 Å². The summed E-state index contributed by atoms with van der Waals surface area (Å²) in [6.45, 7) is -0.0665. The third-order valence-electron chi connectivity index (χ3n) is 3.74. The zero-order valence-corrected chi connectivity index (χ0v) is 14.1. The zero-order chi connectivity index (χ0) is 18.1. The number of hydrogen-bond acceptors (Lipinski definition) is 5. The largest absolute Gasteiger partial charge is 0.482 e. The minimum Gasteiger partial charge on any atom is -0.482 e. The molecule has 1 aliphatic rings. The molecule has 2 heterocycles. The first-order valence-electron chi connectivity index (χ1n) is 7.67. The first-order chi connectivity index (χ1) is 12.6. The predicted molar refractivity (Wildman–Crippen MR) is 96.0 cm³/mol. The van der Waals surface area contributed by atoms with Gasteiger partial charge in [0.15, 0.2) is 6.61 Å². The maximum absolute atomic E-state index is 13.5. The molecule has 2 amide bonds. The van der Waals surface area contributed by atoms with Crippen LogP contribution in [0, 0.1) is 5.82 Å². The highest BCUT2D eigenvalue weighted by Crippen LogP contribution is 2.32. The quantitative estimate of drug-likeness (QED) is 0.740. The van der Waals surface area contributed by atoms with Crippen LogP contribution in [0.3, 0.4) is 0 Å². The molecule has 0 unspecified atom stereocenters. The minimum absolute atomic E-state index is 0.0665. The van der Waals surface area contributed by atoms with Crippen LogP contribution in [0.15, 0.2) is 48.0 Å². The van der Waals surface area contributed by atoms with Crippen molar-refractivity contribution >= 4 is 34.5 Å². The maximum atomic E-state index is 13.5. The molecule has 26 heavy (non-hydrogen) atoms. The monoisotopic (exact) mass is 369 g/mol. The van der Waals surface area contributed by atoms with Gasteiger partial charge in [0, 0.05) is 17.3 Å². The standard InChI is InChI=1S/C18H12FN3O3S/c19-11-3-1-2-10(6-11)16-17(26-9-20-16)18(24)21-12-4-5-13-14(7-12)25-8-15(23)22-13/h1-7,9H,8H2,(H,21,24)(H,22,23). The SMILES string of the molecule is O=C1COc2cc(NC(=O)c3scnc3-c3cccc(F)c3)ccc2N1. The lowest BCUT2D eigenvalue weighted by Gasteiger charge is -2.18. The van der Waals surface area contributed by atoms with Crippen molar-refractivity contribution in [2.75, 3.05) is 17.2 Å². The molecule has 0 spiro atoms. The molecule has 6 nitrogen and oxygen atoms in total. The average molecular weight is 369 g/mol. The van der Waals surface area contributed by atoms with Crippen LogP contribution >= 0.6 is 11.3 Å². The van der Waals surface area contributed by atoms with Crippen molar-refractivity contribution in [2.24, 2.45) is 0 Å². The Hall–Kier alpha value is -3.26. The van der Waals surface area contributed by atoms with E-state index >= 15 is 0 Å². The van der Waals surface area contributed by atoms with Crippen molar-refractivity contribution < 1.29 is 18.7 Å². The van der Waals surface area contributed by atoms with Crippen molar-refractivity contribution in [3.05, 3.63) is 58.7 Å². The third kappa shape index (κ3) is 3.14. The van der Waals surface area contributed by atoms with Gasteiger partial charge in [-0.1, -0.05) is 12.1 Å². The van der Waals surface area contributed by atoms with Gasteiger partial charge in [0.25, 0.3) is 11.8 Å². The van der Waals surface area contributed by atoms with E-state index in [0.29, 0.717) is 33.3 Å². The van der Waals surface area contributed by atoms with Crippen LogP contribution in [0.5, 0.6) is 5.75 Å². The summed E-state index contributed by atoms with van der Waals surface area (Å²) < 4.78 is 18.8. The number of carbonyl (C=O) groups excluding carboxylic acids is 2. The summed E-state index contributed by atoms with van der Waals surface area (Å²) in [7, 11) is 0. The second kappa shape index (κ2) is 6.57. The van der Waals surface area contributed by atoms with Crippen LogP contribution in [0.2, 0.25) is 0 Å². The van der Waals surface area contributed by atoms with Gasteiger partial charge in [-0.05, 0) is 24.3 Å². The zero-order valence-electron chi connectivity index (χ0n) is 13.3. The van der Waals surface area contributed by atoms with E-state index in [1.807, 2.05) is 0 Å². The summed E-state index contributed by atoms with van der Waals surface area (Å²) in [6.07, 6.45) is 0. The van der Waals surface area contributed by atoms with E-state index in [0.717, 1.165) is 0 Å². The number of aromatic nitrogens is 1. The number of anilines is 2. The first-order valence-corrected chi connectivity index (χ1v) is 8.55. The number of carbonyl (C=O) groups is 2. The van der Waals surface area contributed by atoms with Gasteiger partial charge in [-0.2, -0.15) is 0 Å². The highest BCUT2D eigenvalue weighted by Gasteiger charge is 2.19. The Bertz CT molecular complexity index is 1020. The molecular weight excluding hydrogens is 357 g/mol. The lowest BCUT2D eigenvalue weighted by atomic mass is 10.1.